The third-order valence-corrected chi connectivity index (χ3v) is 3.29. The second-order valence-corrected chi connectivity index (χ2v) is 5.87. The molecule has 0 bridgehead atoms. The molecular formula is C16H29NO2. The van der Waals surface area contributed by atoms with E-state index in [2.05, 4.69) is 25.7 Å². The number of aryl methyl sites for hydroxylation is 1. The van der Waals surface area contributed by atoms with E-state index >= 15 is 0 Å². The van der Waals surface area contributed by atoms with Gasteiger partial charge in [-0.3, -0.25) is 4.90 Å². The Labute approximate surface area is 117 Å². The van der Waals surface area contributed by atoms with Gasteiger partial charge in [0.05, 0.1) is 12.6 Å². The molecule has 0 saturated carbocycles. The van der Waals surface area contributed by atoms with Crippen LogP contribution in [0.25, 0.3) is 0 Å². The lowest BCUT2D eigenvalue weighted by molar-refractivity contribution is 0.0942. The van der Waals surface area contributed by atoms with Crippen LogP contribution in [0.2, 0.25) is 0 Å². The van der Waals surface area contributed by atoms with Gasteiger partial charge < -0.3 is 9.52 Å². The Kier molecular flexibility index (Phi) is 7.17. The first kappa shape index (κ1) is 16.3. The Hall–Kier alpha value is -0.800. The molecule has 1 heterocycles. The predicted octanol–water partition coefficient (Wildman–Crippen LogP) is 3.60. The van der Waals surface area contributed by atoms with E-state index in [0.29, 0.717) is 5.92 Å². The van der Waals surface area contributed by atoms with Crippen molar-refractivity contribution in [1.29, 1.82) is 0 Å². The zero-order chi connectivity index (χ0) is 14.3. The first-order valence-electron chi connectivity index (χ1n) is 7.47. The maximum absolute atomic E-state index is 10.00. The van der Waals surface area contributed by atoms with Crippen molar-refractivity contribution in [3.05, 3.63) is 23.7 Å². The zero-order valence-electron chi connectivity index (χ0n) is 12.9. The zero-order valence-corrected chi connectivity index (χ0v) is 12.9. The average Bonchev–Trinajstić information content (AvgIpc) is 2.72. The Morgan fingerprint density at radius 1 is 1.26 bits per heavy atom. The van der Waals surface area contributed by atoms with Gasteiger partial charge in [0.2, 0.25) is 0 Å². The lowest BCUT2D eigenvalue weighted by Gasteiger charge is -2.24. The molecule has 0 saturated heterocycles. The van der Waals surface area contributed by atoms with Crippen molar-refractivity contribution < 1.29 is 9.52 Å². The van der Waals surface area contributed by atoms with Gasteiger partial charge in [0, 0.05) is 6.54 Å². The van der Waals surface area contributed by atoms with Gasteiger partial charge in [-0.25, -0.2) is 0 Å². The molecule has 1 N–H and O–H groups in total. The maximum atomic E-state index is 10.00. The molecule has 3 nitrogen and oxygen atoms in total. The quantitative estimate of drug-likeness (QED) is 0.742. The van der Waals surface area contributed by atoms with Gasteiger partial charge in [0.1, 0.15) is 11.5 Å². The lowest BCUT2D eigenvalue weighted by atomic mass is 10.1. The number of furan rings is 1. The highest BCUT2D eigenvalue weighted by Gasteiger charge is 2.13. The summed E-state index contributed by atoms with van der Waals surface area (Å²) in [6.45, 7) is 11.1. The summed E-state index contributed by atoms with van der Waals surface area (Å²) in [6, 6.07) is 4.03. The number of rotatable bonds is 9. The standard InChI is InChI=1S/C16H29NO2/c1-5-6-15(18)11-17(10-9-13(2)3)12-16-8-7-14(4)19-16/h7-8,13,15,18H,5-6,9-12H2,1-4H3. The van der Waals surface area contributed by atoms with Crippen LogP contribution in [-0.2, 0) is 6.54 Å². The van der Waals surface area contributed by atoms with Crippen molar-refractivity contribution in [2.45, 2.75) is 59.6 Å². The normalized spacial score (nSPS) is 13.4. The summed E-state index contributed by atoms with van der Waals surface area (Å²) in [6.07, 6.45) is 2.82. The third kappa shape index (κ3) is 6.79. The van der Waals surface area contributed by atoms with E-state index in [1.807, 2.05) is 19.1 Å². The second-order valence-electron chi connectivity index (χ2n) is 5.87. The second kappa shape index (κ2) is 8.39. The van der Waals surface area contributed by atoms with E-state index in [-0.39, 0.29) is 6.10 Å². The summed E-state index contributed by atoms with van der Waals surface area (Å²) >= 11 is 0. The summed E-state index contributed by atoms with van der Waals surface area (Å²) in [7, 11) is 0. The first-order valence-corrected chi connectivity index (χ1v) is 7.47. The number of hydrogen-bond donors (Lipinski definition) is 1. The minimum atomic E-state index is -0.228. The number of aliphatic hydroxyl groups is 1. The SMILES string of the molecule is CCCC(O)CN(CCC(C)C)Cc1ccc(C)o1. The summed E-state index contributed by atoms with van der Waals surface area (Å²) < 4.78 is 5.64. The van der Waals surface area contributed by atoms with Crippen molar-refractivity contribution in [3.8, 4) is 0 Å². The molecule has 0 spiro atoms. The molecular weight excluding hydrogens is 238 g/mol. The fraction of sp³-hybridized carbons (Fsp3) is 0.750. The summed E-state index contributed by atoms with van der Waals surface area (Å²) in [5.74, 6) is 2.63. The Balaban J connectivity index is 2.52. The van der Waals surface area contributed by atoms with Crippen molar-refractivity contribution >= 4 is 0 Å². The Morgan fingerprint density at radius 3 is 2.53 bits per heavy atom. The molecule has 3 heteroatoms. The third-order valence-electron chi connectivity index (χ3n) is 3.29. The Bertz CT molecular complexity index is 346. The largest absolute Gasteiger partial charge is 0.465 e. The van der Waals surface area contributed by atoms with Gasteiger partial charge in [-0.1, -0.05) is 27.2 Å². The molecule has 0 radical (unpaired) electrons. The molecule has 1 aromatic heterocycles. The van der Waals surface area contributed by atoms with Crippen molar-refractivity contribution in [1.82, 2.24) is 4.90 Å². The van der Waals surface area contributed by atoms with Gasteiger partial charge in [-0.2, -0.15) is 0 Å². The molecule has 0 aliphatic carbocycles. The smallest absolute Gasteiger partial charge is 0.118 e. The van der Waals surface area contributed by atoms with Crippen molar-refractivity contribution in [3.63, 3.8) is 0 Å². The van der Waals surface area contributed by atoms with Gasteiger partial charge in [0.15, 0.2) is 0 Å². The van der Waals surface area contributed by atoms with Gasteiger partial charge >= 0.3 is 0 Å². The van der Waals surface area contributed by atoms with Crippen LogP contribution in [0.5, 0.6) is 0 Å². The summed E-state index contributed by atoms with van der Waals surface area (Å²) in [5.41, 5.74) is 0. The molecule has 0 aliphatic rings. The first-order chi connectivity index (χ1) is 9.01. The number of aliphatic hydroxyl groups excluding tert-OH is 1. The molecule has 0 aliphatic heterocycles. The van der Waals surface area contributed by atoms with E-state index in [1.54, 1.807) is 0 Å². The maximum Gasteiger partial charge on any atom is 0.118 e. The monoisotopic (exact) mass is 267 g/mol. The highest BCUT2D eigenvalue weighted by atomic mass is 16.3. The van der Waals surface area contributed by atoms with Crippen LogP contribution >= 0.6 is 0 Å². The number of hydrogen-bond acceptors (Lipinski definition) is 3. The van der Waals surface area contributed by atoms with E-state index in [0.717, 1.165) is 50.4 Å². The highest BCUT2D eigenvalue weighted by Crippen LogP contribution is 2.13. The fourth-order valence-corrected chi connectivity index (χ4v) is 2.19. The lowest BCUT2D eigenvalue weighted by Crippen LogP contribution is -2.33. The summed E-state index contributed by atoms with van der Waals surface area (Å²) in [4.78, 5) is 2.30. The molecule has 0 fully saturated rings. The molecule has 0 aromatic carbocycles. The molecule has 1 atom stereocenters. The minimum Gasteiger partial charge on any atom is -0.465 e. The van der Waals surface area contributed by atoms with Crippen LogP contribution in [0.1, 0.15) is 51.6 Å². The average molecular weight is 267 g/mol. The topological polar surface area (TPSA) is 36.6 Å². The van der Waals surface area contributed by atoms with E-state index in [1.165, 1.54) is 0 Å². The molecule has 0 amide bonds. The fourth-order valence-electron chi connectivity index (χ4n) is 2.19. The minimum absolute atomic E-state index is 0.228. The van der Waals surface area contributed by atoms with Crippen LogP contribution in [0, 0.1) is 12.8 Å². The summed E-state index contributed by atoms with van der Waals surface area (Å²) in [5, 5.41) is 10.00. The predicted molar refractivity (Wildman–Crippen MR) is 79.1 cm³/mol. The molecule has 110 valence electrons. The highest BCUT2D eigenvalue weighted by molar-refractivity contribution is 5.05. The Morgan fingerprint density at radius 2 is 2.00 bits per heavy atom. The van der Waals surface area contributed by atoms with E-state index < -0.39 is 0 Å². The van der Waals surface area contributed by atoms with Crippen LogP contribution in [0.4, 0.5) is 0 Å². The van der Waals surface area contributed by atoms with E-state index in [9.17, 15) is 5.11 Å². The molecule has 1 unspecified atom stereocenters. The molecule has 1 aromatic rings. The van der Waals surface area contributed by atoms with Crippen LogP contribution < -0.4 is 0 Å². The van der Waals surface area contributed by atoms with E-state index in [4.69, 9.17) is 4.42 Å². The molecule has 19 heavy (non-hydrogen) atoms. The van der Waals surface area contributed by atoms with Gasteiger partial charge in [-0.05, 0) is 44.4 Å². The van der Waals surface area contributed by atoms with Gasteiger partial charge in [-0.15, -0.1) is 0 Å². The van der Waals surface area contributed by atoms with Crippen LogP contribution in [0.3, 0.4) is 0 Å². The molecule has 1 rings (SSSR count). The van der Waals surface area contributed by atoms with Crippen molar-refractivity contribution in [2.75, 3.05) is 13.1 Å². The number of nitrogens with zero attached hydrogens (tertiary/aromatic N) is 1. The van der Waals surface area contributed by atoms with Gasteiger partial charge in [0.25, 0.3) is 0 Å². The van der Waals surface area contributed by atoms with Crippen LogP contribution in [0.15, 0.2) is 16.5 Å². The van der Waals surface area contributed by atoms with Crippen molar-refractivity contribution in [2.24, 2.45) is 5.92 Å². The van der Waals surface area contributed by atoms with Crippen LogP contribution in [-0.4, -0.2) is 29.2 Å².